The minimum atomic E-state index is -0.232. The van der Waals surface area contributed by atoms with Crippen LogP contribution in [-0.2, 0) is 6.42 Å². The van der Waals surface area contributed by atoms with E-state index in [2.05, 4.69) is 38.4 Å². The molecule has 0 atom stereocenters. The Morgan fingerprint density at radius 3 is 2.88 bits per heavy atom. The van der Waals surface area contributed by atoms with Gasteiger partial charge in [0, 0.05) is 24.1 Å². The van der Waals surface area contributed by atoms with E-state index >= 15 is 0 Å². The monoisotopic (exact) mass is 344 g/mol. The molecule has 0 unspecified atom stereocenters. The van der Waals surface area contributed by atoms with E-state index in [-0.39, 0.29) is 5.91 Å². The van der Waals surface area contributed by atoms with Gasteiger partial charge in [-0.15, -0.1) is 0 Å². The van der Waals surface area contributed by atoms with E-state index in [1.807, 2.05) is 37.3 Å². The molecule has 2 aromatic carbocycles. The number of hydrogen-bond acceptors (Lipinski definition) is 4. The van der Waals surface area contributed by atoms with Crippen molar-refractivity contribution in [2.75, 3.05) is 16.8 Å². The SMILES string of the molecule is Cc1cccc(NC(=O)c2ccnc(N3CCCc4ccccc43)n2)c1. The second-order valence-electron chi connectivity index (χ2n) is 6.45. The van der Waals surface area contributed by atoms with Gasteiger partial charge in [-0.1, -0.05) is 30.3 Å². The van der Waals surface area contributed by atoms with E-state index in [4.69, 9.17) is 0 Å². The smallest absolute Gasteiger partial charge is 0.274 e. The quantitative estimate of drug-likeness (QED) is 0.776. The molecule has 0 fully saturated rings. The molecule has 0 saturated carbocycles. The van der Waals surface area contributed by atoms with E-state index in [0.29, 0.717) is 11.6 Å². The molecule has 1 N–H and O–H groups in total. The Labute approximate surface area is 152 Å². The maximum absolute atomic E-state index is 12.6. The molecule has 1 amide bonds. The predicted molar refractivity (Wildman–Crippen MR) is 103 cm³/mol. The lowest BCUT2D eigenvalue weighted by Gasteiger charge is -2.29. The summed E-state index contributed by atoms with van der Waals surface area (Å²) in [6.45, 7) is 2.84. The lowest BCUT2D eigenvalue weighted by Crippen LogP contribution is -2.27. The first-order chi connectivity index (χ1) is 12.7. The van der Waals surface area contributed by atoms with E-state index in [0.717, 1.165) is 36.3 Å². The maximum atomic E-state index is 12.6. The van der Waals surface area contributed by atoms with Crippen molar-refractivity contribution in [2.24, 2.45) is 0 Å². The number of hydrogen-bond donors (Lipinski definition) is 1. The van der Waals surface area contributed by atoms with Crippen LogP contribution in [0.15, 0.2) is 60.8 Å². The molecule has 2 heterocycles. The van der Waals surface area contributed by atoms with Gasteiger partial charge >= 0.3 is 0 Å². The van der Waals surface area contributed by atoms with Crippen molar-refractivity contribution >= 4 is 23.2 Å². The van der Waals surface area contributed by atoms with Crippen molar-refractivity contribution in [3.63, 3.8) is 0 Å². The van der Waals surface area contributed by atoms with E-state index in [1.54, 1.807) is 12.3 Å². The molecule has 0 aliphatic carbocycles. The van der Waals surface area contributed by atoms with E-state index in [9.17, 15) is 4.79 Å². The van der Waals surface area contributed by atoms with Crippen molar-refractivity contribution < 1.29 is 4.79 Å². The van der Waals surface area contributed by atoms with Gasteiger partial charge in [-0.25, -0.2) is 9.97 Å². The molecule has 5 nitrogen and oxygen atoms in total. The summed E-state index contributed by atoms with van der Waals surface area (Å²) in [6.07, 6.45) is 3.74. The Morgan fingerprint density at radius 1 is 1.12 bits per heavy atom. The van der Waals surface area contributed by atoms with Crippen molar-refractivity contribution in [3.8, 4) is 0 Å². The normalized spacial score (nSPS) is 13.2. The van der Waals surface area contributed by atoms with Gasteiger partial charge in [-0.2, -0.15) is 0 Å². The average molecular weight is 344 g/mol. The number of benzene rings is 2. The van der Waals surface area contributed by atoms with E-state index in [1.165, 1.54) is 5.56 Å². The number of amides is 1. The number of aromatic nitrogens is 2. The van der Waals surface area contributed by atoms with Crippen LogP contribution in [0.3, 0.4) is 0 Å². The van der Waals surface area contributed by atoms with Gasteiger partial charge in [0.2, 0.25) is 5.95 Å². The van der Waals surface area contributed by atoms with Crippen LogP contribution in [0.5, 0.6) is 0 Å². The predicted octanol–water partition coefficient (Wildman–Crippen LogP) is 4.12. The standard InChI is InChI=1S/C21H20N4O/c1-15-6-4-9-17(14-15)23-20(26)18-11-12-22-21(24-18)25-13-5-8-16-7-2-3-10-19(16)25/h2-4,6-7,9-12,14H,5,8,13H2,1H3,(H,23,26). The van der Waals surface area contributed by atoms with Crippen LogP contribution in [0.25, 0.3) is 0 Å². The molecule has 1 aliphatic heterocycles. The largest absolute Gasteiger partial charge is 0.321 e. The van der Waals surface area contributed by atoms with Crippen LogP contribution in [-0.4, -0.2) is 22.4 Å². The van der Waals surface area contributed by atoms with Crippen LogP contribution in [0.4, 0.5) is 17.3 Å². The summed E-state index contributed by atoms with van der Waals surface area (Å²) in [6, 6.07) is 17.6. The van der Waals surface area contributed by atoms with Crippen LogP contribution >= 0.6 is 0 Å². The van der Waals surface area contributed by atoms with Gasteiger partial charge in [0.1, 0.15) is 5.69 Å². The van der Waals surface area contributed by atoms with Crippen molar-refractivity contribution in [2.45, 2.75) is 19.8 Å². The summed E-state index contributed by atoms with van der Waals surface area (Å²) in [7, 11) is 0. The van der Waals surface area contributed by atoms with Crippen LogP contribution in [0.2, 0.25) is 0 Å². The molecule has 130 valence electrons. The Hall–Kier alpha value is -3.21. The number of rotatable bonds is 3. The van der Waals surface area contributed by atoms with Gasteiger partial charge in [-0.05, 0) is 55.2 Å². The first kappa shape index (κ1) is 16.3. The summed E-state index contributed by atoms with van der Waals surface area (Å²) in [5, 5.41) is 2.90. The Morgan fingerprint density at radius 2 is 2.00 bits per heavy atom. The molecule has 0 bridgehead atoms. The zero-order chi connectivity index (χ0) is 17.9. The van der Waals surface area contributed by atoms with Gasteiger partial charge in [0.25, 0.3) is 5.91 Å². The van der Waals surface area contributed by atoms with Crippen molar-refractivity contribution in [1.82, 2.24) is 9.97 Å². The molecule has 26 heavy (non-hydrogen) atoms. The maximum Gasteiger partial charge on any atom is 0.274 e. The highest BCUT2D eigenvalue weighted by molar-refractivity contribution is 6.03. The highest BCUT2D eigenvalue weighted by atomic mass is 16.1. The summed E-state index contributed by atoms with van der Waals surface area (Å²) < 4.78 is 0. The first-order valence-electron chi connectivity index (χ1n) is 8.77. The third-order valence-corrected chi connectivity index (χ3v) is 4.50. The summed E-state index contributed by atoms with van der Waals surface area (Å²) in [4.78, 5) is 23.6. The van der Waals surface area contributed by atoms with Crippen LogP contribution in [0.1, 0.15) is 28.0 Å². The van der Waals surface area contributed by atoms with Crippen molar-refractivity contribution in [3.05, 3.63) is 77.6 Å². The van der Waals surface area contributed by atoms with Crippen LogP contribution in [0, 0.1) is 6.92 Å². The molecular formula is C21H20N4O. The van der Waals surface area contributed by atoms with Crippen LogP contribution < -0.4 is 10.2 Å². The number of para-hydroxylation sites is 1. The zero-order valence-electron chi connectivity index (χ0n) is 14.6. The number of fused-ring (bicyclic) bond motifs is 1. The molecule has 3 aromatic rings. The lowest BCUT2D eigenvalue weighted by molar-refractivity contribution is 0.102. The first-order valence-corrected chi connectivity index (χ1v) is 8.77. The minimum Gasteiger partial charge on any atom is -0.321 e. The second kappa shape index (κ2) is 6.96. The number of nitrogens with one attached hydrogen (secondary N) is 1. The highest BCUT2D eigenvalue weighted by Gasteiger charge is 2.21. The van der Waals surface area contributed by atoms with Gasteiger partial charge in [0.05, 0.1) is 0 Å². The lowest BCUT2D eigenvalue weighted by atomic mass is 10.0. The number of carbonyl (C=O) groups is 1. The molecule has 4 rings (SSSR count). The Bertz CT molecular complexity index is 954. The summed E-state index contributed by atoms with van der Waals surface area (Å²) in [5.41, 5.74) is 4.63. The molecule has 1 aliphatic rings. The molecule has 0 saturated heterocycles. The number of nitrogens with zero attached hydrogens (tertiary/aromatic N) is 3. The fourth-order valence-electron chi connectivity index (χ4n) is 3.26. The molecule has 0 spiro atoms. The molecular weight excluding hydrogens is 324 g/mol. The third-order valence-electron chi connectivity index (χ3n) is 4.50. The molecule has 5 heteroatoms. The summed E-state index contributed by atoms with van der Waals surface area (Å²) in [5.74, 6) is 0.332. The fraction of sp³-hybridized carbons (Fsp3) is 0.190. The second-order valence-corrected chi connectivity index (χ2v) is 6.45. The summed E-state index contributed by atoms with van der Waals surface area (Å²) >= 11 is 0. The average Bonchev–Trinajstić information content (AvgIpc) is 2.67. The van der Waals surface area contributed by atoms with Gasteiger partial charge in [-0.3, -0.25) is 4.79 Å². The van der Waals surface area contributed by atoms with Gasteiger partial charge < -0.3 is 10.2 Å². The van der Waals surface area contributed by atoms with E-state index < -0.39 is 0 Å². The topological polar surface area (TPSA) is 58.1 Å². The Kier molecular flexibility index (Phi) is 4.35. The number of carbonyl (C=O) groups excluding carboxylic acids is 1. The zero-order valence-corrected chi connectivity index (χ0v) is 14.6. The minimum absolute atomic E-state index is 0.232. The fourth-order valence-corrected chi connectivity index (χ4v) is 3.26. The van der Waals surface area contributed by atoms with Crippen molar-refractivity contribution in [1.29, 1.82) is 0 Å². The highest BCUT2D eigenvalue weighted by Crippen LogP contribution is 2.31. The van der Waals surface area contributed by atoms with Gasteiger partial charge in [0.15, 0.2) is 0 Å². The number of aryl methyl sites for hydroxylation is 2. The molecule has 1 aromatic heterocycles. The molecule has 0 radical (unpaired) electrons. The Balaban J connectivity index is 1.60. The number of anilines is 3. The third kappa shape index (κ3) is 3.28.